The van der Waals surface area contributed by atoms with Crippen LogP contribution in [0.1, 0.15) is 40.5 Å². The molecule has 4 atom stereocenters. The second-order valence-corrected chi connectivity index (χ2v) is 4.83. The SMILES string of the molecule is C/C=C\CC(C)C(CC)C(N)[C@H](C)C(=O)NC. The van der Waals surface area contributed by atoms with Crippen LogP contribution in [0.15, 0.2) is 12.2 Å². The maximum Gasteiger partial charge on any atom is 0.224 e. The zero-order valence-electron chi connectivity index (χ0n) is 11.9. The number of hydrogen-bond donors (Lipinski definition) is 2. The summed E-state index contributed by atoms with van der Waals surface area (Å²) in [6, 6.07) is -0.0693. The van der Waals surface area contributed by atoms with E-state index in [1.807, 2.05) is 13.8 Å². The third-order valence-electron chi connectivity index (χ3n) is 3.68. The molecule has 1 amide bonds. The van der Waals surface area contributed by atoms with Crippen molar-refractivity contribution in [2.45, 2.75) is 46.6 Å². The van der Waals surface area contributed by atoms with E-state index in [0.717, 1.165) is 12.8 Å². The van der Waals surface area contributed by atoms with Crippen molar-refractivity contribution in [3.8, 4) is 0 Å². The molecule has 0 aliphatic rings. The van der Waals surface area contributed by atoms with Gasteiger partial charge in [-0.15, -0.1) is 0 Å². The van der Waals surface area contributed by atoms with E-state index >= 15 is 0 Å². The van der Waals surface area contributed by atoms with E-state index < -0.39 is 0 Å². The van der Waals surface area contributed by atoms with E-state index in [1.54, 1.807) is 7.05 Å². The Morgan fingerprint density at radius 2 is 2.00 bits per heavy atom. The zero-order valence-corrected chi connectivity index (χ0v) is 11.9. The first-order chi connectivity index (χ1) is 7.99. The van der Waals surface area contributed by atoms with Gasteiger partial charge in [0.15, 0.2) is 0 Å². The number of nitrogens with one attached hydrogen (secondary N) is 1. The molecular weight excluding hydrogens is 212 g/mol. The Kier molecular flexibility index (Phi) is 7.88. The molecule has 0 bridgehead atoms. The van der Waals surface area contributed by atoms with Crippen LogP contribution in [0.2, 0.25) is 0 Å². The first-order valence-corrected chi connectivity index (χ1v) is 6.57. The minimum atomic E-state index is -0.127. The van der Waals surface area contributed by atoms with Gasteiger partial charge in [-0.3, -0.25) is 4.79 Å². The highest BCUT2D eigenvalue weighted by molar-refractivity contribution is 5.78. The fourth-order valence-electron chi connectivity index (χ4n) is 2.35. The average Bonchev–Trinajstić information content (AvgIpc) is 2.34. The molecular formula is C14H28N2O. The summed E-state index contributed by atoms with van der Waals surface area (Å²) in [6.45, 7) is 8.30. The van der Waals surface area contributed by atoms with Gasteiger partial charge in [-0.2, -0.15) is 0 Å². The van der Waals surface area contributed by atoms with Crippen molar-refractivity contribution in [3.05, 3.63) is 12.2 Å². The van der Waals surface area contributed by atoms with Crippen molar-refractivity contribution in [1.29, 1.82) is 0 Å². The van der Waals surface area contributed by atoms with Crippen LogP contribution >= 0.6 is 0 Å². The number of hydrogen-bond acceptors (Lipinski definition) is 2. The van der Waals surface area contributed by atoms with Crippen LogP contribution < -0.4 is 11.1 Å². The summed E-state index contributed by atoms with van der Waals surface area (Å²) in [5.74, 6) is 0.809. The lowest BCUT2D eigenvalue weighted by molar-refractivity contribution is -0.125. The van der Waals surface area contributed by atoms with Crippen molar-refractivity contribution < 1.29 is 4.79 Å². The molecule has 3 nitrogen and oxygen atoms in total. The Morgan fingerprint density at radius 3 is 2.41 bits per heavy atom. The number of rotatable bonds is 7. The zero-order chi connectivity index (χ0) is 13.4. The van der Waals surface area contributed by atoms with Gasteiger partial charge in [0.2, 0.25) is 5.91 Å². The normalized spacial score (nSPS) is 18.7. The number of carbonyl (C=O) groups excluding carboxylic acids is 1. The van der Waals surface area contributed by atoms with Crippen molar-refractivity contribution in [2.24, 2.45) is 23.5 Å². The van der Waals surface area contributed by atoms with E-state index in [1.165, 1.54) is 0 Å². The molecule has 0 radical (unpaired) electrons. The van der Waals surface area contributed by atoms with Gasteiger partial charge in [-0.05, 0) is 25.2 Å². The van der Waals surface area contributed by atoms with Gasteiger partial charge < -0.3 is 11.1 Å². The van der Waals surface area contributed by atoms with Crippen molar-refractivity contribution in [2.75, 3.05) is 7.05 Å². The predicted octanol–water partition coefficient (Wildman–Crippen LogP) is 2.32. The van der Waals surface area contributed by atoms with Crippen LogP contribution in [0.5, 0.6) is 0 Å². The molecule has 0 saturated carbocycles. The highest BCUT2D eigenvalue weighted by Crippen LogP contribution is 2.26. The minimum absolute atomic E-state index is 0.0363. The third kappa shape index (κ3) is 4.90. The van der Waals surface area contributed by atoms with Crippen LogP contribution in [0, 0.1) is 17.8 Å². The molecule has 100 valence electrons. The molecule has 0 aliphatic carbocycles. The topological polar surface area (TPSA) is 55.1 Å². The number of allylic oxidation sites excluding steroid dienone is 2. The van der Waals surface area contributed by atoms with E-state index in [-0.39, 0.29) is 17.9 Å². The van der Waals surface area contributed by atoms with E-state index in [2.05, 4.69) is 31.3 Å². The summed E-state index contributed by atoms with van der Waals surface area (Å²) < 4.78 is 0. The highest BCUT2D eigenvalue weighted by atomic mass is 16.1. The highest BCUT2D eigenvalue weighted by Gasteiger charge is 2.29. The second-order valence-electron chi connectivity index (χ2n) is 4.83. The molecule has 3 heteroatoms. The summed E-state index contributed by atoms with van der Waals surface area (Å²) in [5.41, 5.74) is 6.24. The molecule has 0 saturated heterocycles. The lowest BCUT2D eigenvalue weighted by Gasteiger charge is -2.31. The molecule has 0 aliphatic heterocycles. The smallest absolute Gasteiger partial charge is 0.224 e. The summed E-state index contributed by atoms with van der Waals surface area (Å²) in [4.78, 5) is 11.6. The molecule has 0 aromatic heterocycles. The molecule has 3 unspecified atom stereocenters. The van der Waals surface area contributed by atoms with Gasteiger partial charge in [0.25, 0.3) is 0 Å². The lowest BCUT2D eigenvalue weighted by Crippen LogP contribution is -2.45. The van der Waals surface area contributed by atoms with Crippen molar-refractivity contribution >= 4 is 5.91 Å². The van der Waals surface area contributed by atoms with Gasteiger partial charge in [-0.25, -0.2) is 0 Å². The minimum Gasteiger partial charge on any atom is -0.359 e. The summed E-state index contributed by atoms with van der Waals surface area (Å²) >= 11 is 0. The quantitative estimate of drug-likeness (QED) is 0.671. The van der Waals surface area contributed by atoms with Crippen LogP contribution in [0.3, 0.4) is 0 Å². The Bertz CT molecular complexity index is 251. The lowest BCUT2D eigenvalue weighted by atomic mass is 9.78. The summed E-state index contributed by atoms with van der Waals surface area (Å²) in [5, 5.41) is 2.67. The monoisotopic (exact) mass is 240 g/mol. The first-order valence-electron chi connectivity index (χ1n) is 6.57. The van der Waals surface area contributed by atoms with Crippen LogP contribution in [-0.2, 0) is 4.79 Å². The predicted molar refractivity (Wildman–Crippen MR) is 73.6 cm³/mol. The largest absolute Gasteiger partial charge is 0.359 e. The van der Waals surface area contributed by atoms with Gasteiger partial charge in [0.1, 0.15) is 0 Å². The van der Waals surface area contributed by atoms with Crippen LogP contribution in [0.25, 0.3) is 0 Å². The van der Waals surface area contributed by atoms with E-state index in [9.17, 15) is 4.79 Å². The van der Waals surface area contributed by atoms with Crippen LogP contribution in [0.4, 0.5) is 0 Å². The van der Waals surface area contributed by atoms with Gasteiger partial charge >= 0.3 is 0 Å². The molecule has 3 N–H and O–H groups in total. The van der Waals surface area contributed by atoms with E-state index in [0.29, 0.717) is 11.8 Å². The number of carbonyl (C=O) groups is 1. The van der Waals surface area contributed by atoms with Crippen molar-refractivity contribution in [3.63, 3.8) is 0 Å². The molecule has 0 fully saturated rings. The molecule has 17 heavy (non-hydrogen) atoms. The van der Waals surface area contributed by atoms with Crippen molar-refractivity contribution in [1.82, 2.24) is 5.32 Å². The number of nitrogens with two attached hydrogens (primary N) is 1. The maximum absolute atomic E-state index is 11.6. The maximum atomic E-state index is 11.6. The second kappa shape index (κ2) is 8.29. The number of amides is 1. The standard InChI is InChI=1S/C14H28N2O/c1-6-8-9-10(3)12(7-2)13(15)11(4)14(17)16-5/h6,8,10-13H,7,9,15H2,1-5H3,(H,16,17)/b8-6-/t10?,11-,12?,13?/m0/s1. The average molecular weight is 240 g/mol. The summed E-state index contributed by atoms with van der Waals surface area (Å²) in [7, 11) is 1.66. The Labute approximate surface area is 106 Å². The molecule has 0 aromatic rings. The molecule has 0 heterocycles. The Hall–Kier alpha value is -0.830. The fourth-order valence-corrected chi connectivity index (χ4v) is 2.35. The van der Waals surface area contributed by atoms with Gasteiger partial charge in [-0.1, -0.05) is 39.3 Å². The molecule has 0 spiro atoms. The molecule has 0 aromatic carbocycles. The first kappa shape index (κ1) is 16.2. The van der Waals surface area contributed by atoms with Crippen LogP contribution in [-0.4, -0.2) is 19.0 Å². The van der Waals surface area contributed by atoms with E-state index in [4.69, 9.17) is 5.73 Å². The Balaban J connectivity index is 4.57. The fraction of sp³-hybridized carbons (Fsp3) is 0.786. The summed E-state index contributed by atoms with van der Waals surface area (Å²) in [6.07, 6.45) is 6.28. The van der Waals surface area contributed by atoms with Gasteiger partial charge in [0, 0.05) is 13.1 Å². The Morgan fingerprint density at radius 1 is 1.41 bits per heavy atom. The molecule has 0 rings (SSSR count). The van der Waals surface area contributed by atoms with Gasteiger partial charge in [0.05, 0.1) is 5.92 Å². The third-order valence-corrected chi connectivity index (χ3v) is 3.68.